The van der Waals surface area contributed by atoms with E-state index in [1.165, 1.54) is 0 Å². The van der Waals surface area contributed by atoms with Crippen LogP contribution in [0.5, 0.6) is 0 Å². The number of thiocarbonyl (C=S) groups is 1. The molecule has 0 aliphatic carbocycles. The molecule has 0 aromatic heterocycles. The van der Waals surface area contributed by atoms with Crippen molar-refractivity contribution in [3.05, 3.63) is 0 Å². The van der Waals surface area contributed by atoms with Crippen LogP contribution in [0.25, 0.3) is 0 Å². The molecule has 1 atom stereocenters. The Hall–Kier alpha value is -0.440. The van der Waals surface area contributed by atoms with Gasteiger partial charge in [-0.15, -0.1) is 9.95 Å². The molecule has 9 heavy (non-hydrogen) atoms. The first kappa shape index (κ1) is 5.35. The quantitative estimate of drug-likeness (QED) is 0.410. The van der Waals surface area contributed by atoms with Gasteiger partial charge in [-0.3, -0.25) is 5.43 Å². The van der Waals surface area contributed by atoms with Gasteiger partial charge in [-0.25, -0.2) is 0 Å². The van der Waals surface area contributed by atoms with Gasteiger partial charge >= 0.3 is 10.2 Å². The highest BCUT2D eigenvalue weighted by Gasteiger charge is 2.52. The molecular formula is CH2N4O2S2. The van der Waals surface area contributed by atoms with E-state index in [4.69, 9.17) is 0 Å². The zero-order valence-corrected chi connectivity index (χ0v) is 5.66. The van der Waals surface area contributed by atoms with Gasteiger partial charge in [-0.05, 0) is 16.7 Å². The normalized spacial score (nSPS) is 35.8. The molecule has 2 bridgehead atoms. The van der Waals surface area contributed by atoms with Crippen molar-refractivity contribution in [2.75, 3.05) is 0 Å². The van der Waals surface area contributed by atoms with Crippen LogP contribution in [0, 0.1) is 0 Å². The number of rotatable bonds is 0. The van der Waals surface area contributed by atoms with E-state index in [0.29, 0.717) is 0 Å². The van der Waals surface area contributed by atoms with Crippen LogP contribution < -0.4 is 11.0 Å². The Morgan fingerprint density at radius 2 is 2.22 bits per heavy atom. The van der Waals surface area contributed by atoms with Crippen molar-refractivity contribution in [3.63, 3.8) is 0 Å². The summed E-state index contributed by atoms with van der Waals surface area (Å²) in [5.74, 6) is 0. The fourth-order valence-electron chi connectivity index (χ4n) is 0.600. The molecule has 3 aliphatic rings. The summed E-state index contributed by atoms with van der Waals surface area (Å²) in [7, 11) is -3.27. The van der Waals surface area contributed by atoms with E-state index in [-0.39, 0.29) is 5.11 Å². The maximum atomic E-state index is 10.7. The van der Waals surface area contributed by atoms with Crippen LogP contribution in [-0.4, -0.2) is 22.5 Å². The minimum absolute atomic E-state index is 0.162. The zero-order chi connectivity index (χ0) is 6.65. The number of nitrogens with one attached hydrogen (secondary N) is 2. The first-order chi connectivity index (χ1) is 4.12. The Kier molecular flexibility index (Phi) is 0.706. The summed E-state index contributed by atoms with van der Waals surface area (Å²) in [4.78, 5) is 0. The molecular weight excluding hydrogens is 164 g/mol. The lowest BCUT2D eigenvalue weighted by Gasteiger charge is -2.26. The lowest BCUT2D eigenvalue weighted by atomic mass is 11.2. The van der Waals surface area contributed by atoms with E-state index in [1.807, 2.05) is 0 Å². The zero-order valence-electron chi connectivity index (χ0n) is 4.03. The average molecular weight is 166 g/mol. The Labute approximate surface area is 56.5 Å². The van der Waals surface area contributed by atoms with E-state index >= 15 is 0 Å². The van der Waals surface area contributed by atoms with Gasteiger partial charge in [0.2, 0.25) is 5.11 Å². The van der Waals surface area contributed by atoms with Crippen LogP contribution in [0.2, 0.25) is 0 Å². The summed E-state index contributed by atoms with van der Waals surface area (Å²) in [6.07, 6.45) is 0. The first-order valence-electron chi connectivity index (χ1n) is 2.05. The molecule has 2 N–H and O–H groups in total. The fourth-order valence-corrected chi connectivity index (χ4v) is 1.94. The van der Waals surface area contributed by atoms with E-state index in [9.17, 15) is 8.42 Å². The molecule has 0 saturated carbocycles. The summed E-state index contributed by atoms with van der Waals surface area (Å²) in [5, 5.41) is 0.162. The maximum absolute atomic E-state index is 10.7. The average Bonchev–Trinajstić information content (AvgIpc) is 2.20. The largest absolute Gasteiger partial charge is 0.353 e. The van der Waals surface area contributed by atoms with Crippen molar-refractivity contribution in [1.82, 2.24) is 19.9 Å². The predicted molar refractivity (Wildman–Crippen MR) is 31.5 cm³/mol. The van der Waals surface area contributed by atoms with Crippen LogP contribution in [0.15, 0.2) is 0 Å². The fraction of sp³-hybridized carbons (Fsp3) is 0. The highest BCUT2D eigenvalue weighted by molar-refractivity contribution is 7.91. The molecule has 0 amide bonds. The van der Waals surface area contributed by atoms with Crippen LogP contribution >= 0.6 is 12.2 Å². The molecule has 3 heterocycles. The Morgan fingerprint density at radius 1 is 1.56 bits per heavy atom. The summed E-state index contributed by atoms with van der Waals surface area (Å²) >= 11 is 4.56. The Morgan fingerprint density at radius 3 is 2.33 bits per heavy atom. The van der Waals surface area contributed by atoms with Gasteiger partial charge in [0.25, 0.3) is 0 Å². The first-order valence-corrected chi connectivity index (χ1v) is 3.85. The van der Waals surface area contributed by atoms with Gasteiger partial charge in [0.05, 0.1) is 0 Å². The number of hydrogen-bond acceptors (Lipinski definition) is 4. The van der Waals surface area contributed by atoms with Crippen molar-refractivity contribution in [3.8, 4) is 0 Å². The second-order valence-corrected chi connectivity index (χ2v) is 3.57. The molecule has 6 nitrogen and oxygen atoms in total. The van der Waals surface area contributed by atoms with E-state index in [0.717, 1.165) is 8.94 Å². The molecule has 3 fully saturated rings. The Balaban J connectivity index is 2.54. The maximum Gasteiger partial charge on any atom is 0.353 e. The predicted octanol–water partition coefficient (Wildman–Crippen LogP) is -1.93. The van der Waals surface area contributed by atoms with Crippen LogP contribution in [-0.2, 0) is 10.2 Å². The highest BCUT2D eigenvalue weighted by Crippen LogP contribution is 2.18. The standard InChI is InChI=1S/CH2N4O2S2/c6-9(7)4-1(8)2-5(9)3-4/h3H,(H,2,8). The van der Waals surface area contributed by atoms with Crippen molar-refractivity contribution in [2.45, 2.75) is 0 Å². The van der Waals surface area contributed by atoms with E-state index < -0.39 is 10.2 Å². The molecule has 0 aromatic carbocycles. The monoisotopic (exact) mass is 166 g/mol. The van der Waals surface area contributed by atoms with Gasteiger partial charge in [-0.1, -0.05) is 0 Å². The van der Waals surface area contributed by atoms with Gasteiger partial charge in [0.1, 0.15) is 0 Å². The summed E-state index contributed by atoms with van der Waals surface area (Å²) < 4.78 is 23.0. The van der Waals surface area contributed by atoms with Gasteiger partial charge in [0.15, 0.2) is 0 Å². The van der Waals surface area contributed by atoms with Crippen LogP contribution in [0.4, 0.5) is 0 Å². The summed E-state index contributed by atoms with van der Waals surface area (Å²) in [6.45, 7) is 0. The minimum Gasteiger partial charge on any atom is -0.263 e. The number of fused-ring (bicyclic) bond motifs is 1. The van der Waals surface area contributed by atoms with Crippen molar-refractivity contribution >= 4 is 27.5 Å². The highest BCUT2D eigenvalue weighted by atomic mass is 32.2. The third-order valence-electron chi connectivity index (χ3n) is 1.02. The van der Waals surface area contributed by atoms with Gasteiger partial charge in [0, 0.05) is 0 Å². The number of hydrazine groups is 3. The molecule has 0 spiro atoms. The second kappa shape index (κ2) is 1.19. The molecule has 3 rings (SSSR count). The topological polar surface area (TPSA) is 64.7 Å². The SMILES string of the molecule is O=S1(=O)N2NC(=S)N1N2. The van der Waals surface area contributed by atoms with Crippen molar-refractivity contribution < 1.29 is 8.42 Å². The van der Waals surface area contributed by atoms with Gasteiger partial charge in [-0.2, -0.15) is 8.42 Å². The molecule has 3 aliphatic heterocycles. The summed E-state index contributed by atoms with van der Waals surface area (Å²) in [6, 6.07) is 0. The number of nitrogens with zero attached hydrogens (tertiary/aromatic N) is 2. The van der Waals surface area contributed by atoms with Gasteiger partial charge < -0.3 is 0 Å². The summed E-state index contributed by atoms with van der Waals surface area (Å²) in [5.41, 5.74) is 4.76. The molecule has 50 valence electrons. The molecule has 1 unspecified atom stereocenters. The molecule has 0 radical (unpaired) electrons. The van der Waals surface area contributed by atoms with E-state index in [2.05, 4.69) is 23.2 Å². The van der Waals surface area contributed by atoms with Crippen molar-refractivity contribution in [2.24, 2.45) is 0 Å². The minimum atomic E-state index is -3.27. The lowest BCUT2D eigenvalue weighted by molar-refractivity contribution is 0.176. The third-order valence-corrected chi connectivity index (χ3v) is 2.77. The molecule has 8 heteroatoms. The third kappa shape index (κ3) is 0.421. The van der Waals surface area contributed by atoms with Crippen LogP contribution in [0.1, 0.15) is 0 Å². The van der Waals surface area contributed by atoms with E-state index in [1.54, 1.807) is 0 Å². The lowest BCUT2D eigenvalue weighted by Crippen LogP contribution is -2.62. The molecule has 0 aromatic rings. The van der Waals surface area contributed by atoms with Crippen LogP contribution in [0.3, 0.4) is 0 Å². The van der Waals surface area contributed by atoms with Crippen molar-refractivity contribution in [1.29, 1.82) is 0 Å². The second-order valence-electron chi connectivity index (χ2n) is 1.55. The number of hydrogen-bond donors (Lipinski definition) is 2. The molecule has 3 saturated heterocycles. The smallest absolute Gasteiger partial charge is 0.263 e. The Bertz CT molecular complexity index is 268.